The predicted octanol–water partition coefficient (Wildman–Crippen LogP) is 2.83. The molecule has 0 radical (unpaired) electrons. The smallest absolute Gasteiger partial charge is 0.238 e. The van der Waals surface area contributed by atoms with E-state index in [1.165, 1.54) is 12.1 Å². The van der Waals surface area contributed by atoms with E-state index in [9.17, 15) is 8.42 Å². The third-order valence-corrected chi connectivity index (χ3v) is 5.09. The van der Waals surface area contributed by atoms with E-state index in [4.69, 9.17) is 9.88 Å². The Morgan fingerprint density at radius 2 is 1.72 bits per heavy atom. The zero-order chi connectivity index (χ0) is 17.6. The van der Waals surface area contributed by atoms with Crippen LogP contribution >= 0.6 is 0 Å². The first-order valence-electron chi connectivity index (χ1n) is 7.55. The van der Waals surface area contributed by atoms with Crippen molar-refractivity contribution in [3.8, 4) is 11.4 Å². The van der Waals surface area contributed by atoms with E-state index in [-0.39, 0.29) is 4.90 Å². The quantitative estimate of drug-likeness (QED) is 0.613. The zero-order valence-electron chi connectivity index (χ0n) is 13.4. The summed E-state index contributed by atoms with van der Waals surface area (Å²) in [4.78, 5) is 0.0716. The zero-order valence-corrected chi connectivity index (χ0v) is 14.2. The summed E-state index contributed by atoms with van der Waals surface area (Å²) >= 11 is 0. The Labute approximate surface area is 144 Å². The summed E-state index contributed by atoms with van der Waals surface area (Å²) in [5.41, 5.74) is 1.70. The molecule has 0 aliphatic heterocycles. The van der Waals surface area contributed by atoms with Crippen LogP contribution in [0.15, 0.2) is 65.7 Å². The largest absolute Gasteiger partial charge is 0.497 e. The summed E-state index contributed by atoms with van der Waals surface area (Å²) < 4.78 is 29.9. The van der Waals surface area contributed by atoms with Crippen molar-refractivity contribution in [3.63, 3.8) is 0 Å². The van der Waals surface area contributed by atoms with E-state index in [1.807, 2.05) is 30.3 Å². The molecule has 3 aromatic carbocycles. The van der Waals surface area contributed by atoms with Crippen LogP contribution in [0.5, 0.6) is 5.75 Å². The van der Waals surface area contributed by atoms with Gasteiger partial charge in [0.25, 0.3) is 0 Å². The van der Waals surface area contributed by atoms with Gasteiger partial charge in [-0.25, -0.2) is 18.2 Å². The Hall–Kier alpha value is -2.90. The molecule has 0 bridgehead atoms. The van der Waals surface area contributed by atoms with Gasteiger partial charge in [-0.05, 0) is 47.9 Å². The topological polar surface area (TPSA) is 87.2 Å². The molecule has 1 heterocycles. The Morgan fingerprint density at radius 1 is 1.00 bits per heavy atom. The molecule has 0 saturated heterocycles. The molecule has 25 heavy (non-hydrogen) atoms. The van der Waals surface area contributed by atoms with Gasteiger partial charge in [-0.2, -0.15) is 5.10 Å². The van der Waals surface area contributed by atoms with Gasteiger partial charge in [0.2, 0.25) is 10.0 Å². The molecule has 0 aliphatic rings. The van der Waals surface area contributed by atoms with Crippen LogP contribution < -0.4 is 9.88 Å². The molecule has 0 fully saturated rings. The minimum absolute atomic E-state index is 0.0716. The average molecular weight is 353 g/mol. The lowest BCUT2D eigenvalue weighted by molar-refractivity contribution is 0.415. The number of hydrogen-bond acceptors (Lipinski definition) is 4. The number of ether oxygens (including phenoxy) is 1. The molecular weight excluding hydrogens is 338 g/mol. The van der Waals surface area contributed by atoms with Gasteiger partial charge in [0.15, 0.2) is 0 Å². The van der Waals surface area contributed by atoms with Crippen molar-refractivity contribution >= 4 is 31.7 Å². The molecule has 2 N–H and O–H groups in total. The van der Waals surface area contributed by atoms with Crippen molar-refractivity contribution in [1.82, 2.24) is 9.78 Å². The lowest BCUT2D eigenvalue weighted by Crippen LogP contribution is -2.12. The summed E-state index contributed by atoms with van der Waals surface area (Å²) in [6.07, 6.45) is 1.78. The molecule has 4 aromatic rings. The van der Waals surface area contributed by atoms with E-state index < -0.39 is 10.0 Å². The molecule has 7 heteroatoms. The second kappa shape index (κ2) is 5.58. The summed E-state index contributed by atoms with van der Waals surface area (Å²) in [6, 6.07) is 16.2. The van der Waals surface area contributed by atoms with Gasteiger partial charge in [0, 0.05) is 10.8 Å². The van der Waals surface area contributed by atoms with Gasteiger partial charge in [-0.15, -0.1) is 0 Å². The van der Waals surface area contributed by atoms with Crippen molar-refractivity contribution < 1.29 is 13.2 Å². The third-order valence-electron chi connectivity index (χ3n) is 4.16. The number of nitrogens with two attached hydrogens (primary N) is 1. The Morgan fingerprint density at radius 3 is 2.40 bits per heavy atom. The number of nitrogens with zero attached hydrogens (tertiary/aromatic N) is 2. The van der Waals surface area contributed by atoms with E-state index in [0.29, 0.717) is 0 Å². The van der Waals surface area contributed by atoms with Gasteiger partial charge in [-0.1, -0.05) is 12.1 Å². The van der Waals surface area contributed by atoms with Crippen LogP contribution in [0, 0.1) is 0 Å². The lowest BCUT2D eigenvalue weighted by atomic mass is 10.1. The Kier molecular flexibility index (Phi) is 3.48. The molecular formula is C18H15N3O3S. The Balaban J connectivity index is 1.94. The van der Waals surface area contributed by atoms with E-state index in [0.717, 1.165) is 33.1 Å². The second-order valence-corrected chi connectivity index (χ2v) is 7.25. The van der Waals surface area contributed by atoms with Gasteiger partial charge in [0.1, 0.15) is 5.75 Å². The van der Waals surface area contributed by atoms with Gasteiger partial charge in [0.05, 0.1) is 29.4 Å². The highest BCUT2D eigenvalue weighted by atomic mass is 32.2. The number of aromatic nitrogens is 2. The maximum absolute atomic E-state index is 11.4. The SMILES string of the molecule is COc1ccc2c(ccc3cnn(-c4ccc(S(N)(=O)=O)cc4)c32)c1. The van der Waals surface area contributed by atoms with Crippen LogP contribution in [-0.4, -0.2) is 25.3 Å². The van der Waals surface area contributed by atoms with E-state index in [1.54, 1.807) is 30.1 Å². The number of fused-ring (bicyclic) bond motifs is 3. The molecule has 126 valence electrons. The van der Waals surface area contributed by atoms with Crippen molar-refractivity contribution in [1.29, 1.82) is 0 Å². The standard InChI is InChI=1S/C18H15N3O3S/c1-24-15-6-9-17-12(10-15)2-3-13-11-20-21(18(13)17)14-4-7-16(8-5-14)25(19,22)23/h2-11H,1H3,(H2,19,22,23). The lowest BCUT2D eigenvalue weighted by Gasteiger charge is -2.08. The van der Waals surface area contributed by atoms with E-state index in [2.05, 4.69) is 5.10 Å². The molecule has 4 rings (SSSR count). The Bertz CT molecular complexity index is 1200. The highest BCUT2D eigenvalue weighted by Gasteiger charge is 2.12. The van der Waals surface area contributed by atoms with Gasteiger partial charge >= 0.3 is 0 Å². The van der Waals surface area contributed by atoms with Gasteiger partial charge in [-0.3, -0.25) is 0 Å². The maximum atomic E-state index is 11.4. The first-order valence-corrected chi connectivity index (χ1v) is 9.10. The van der Waals surface area contributed by atoms with Crippen LogP contribution in [0.1, 0.15) is 0 Å². The molecule has 0 spiro atoms. The molecule has 0 amide bonds. The van der Waals surface area contributed by atoms with Crippen LogP contribution in [-0.2, 0) is 10.0 Å². The first kappa shape index (κ1) is 15.6. The number of benzene rings is 3. The highest BCUT2D eigenvalue weighted by molar-refractivity contribution is 7.89. The molecule has 1 aromatic heterocycles. The van der Waals surface area contributed by atoms with Crippen LogP contribution in [0.2, 0.25) is 0 Å². The van der Waals surface area contributed by atoms with Crippen LogP contribution in [0.25, 0.3) is 27.4 Å². The monoisotopic (exact) mass is 353 g/mol. The summed E-state index contributed by atoms with van der Waals surface area (Å²) in [7, 11) is -2.08. The maximum Gasteiger partial charge on any atom is 0.238 e. The fraction of sp³-hybridized carbons (Fsp3) is 0.0556. The molecule has 0 atom stereocenters. The van der Waals surface area contributed by atoms with Crippen LogP contribution in [0.3, 0.4) is 0 Å². The fourth-order valence-electron chi connectivity index (χ4n) is 2.93. The fourth-order valence-corrected chi connectivity index (χ4v) is 3.44. The minimum atomic E-state index is -3.72. The molecule has 6 nitrogen and oxygen atoms in total. The molecule has 0 unspecified atom stereocenters. The first-order chi connectivity index (χ1) is 12.0. The van der Waals surface area contributed by atoms with Crippen molar-refractivity contribution in [3.05, 3.63) is 60.8 Å². The van der Waals surface area contributed by atoms with Crippen molar-refractivity contribution in [2.24, 2.45) is 5.14 Å². The van der Waals surface area contributed by atoms with Crippen molar-refractivity contribution in [2.75, 3.05) is 7.11 Å². The summed E-state index contributed by atoms with van der Waals surface area (Å²) in [6.45, 7) is 0. The number of hydrogen-bond donors (Lipinski definition) is 1. The predicted molar refractivity (Wildman–Crippen MR) is 96.5 cm³/mol. The van der Waals surface area contributed by atoms with Crippen molar-refractivity contribution in [2.45, 2.75) is 4.90 Å². The number of primary sulfonamides is 1. The normalized spacial score (nSPS) is 11.9. The minimum Gasteiger partial charge on any atom is -0.497 e. The highest BCUT2D eigenvalue weighted by Crippen LogP contribution is 2.30. The molecule has 0 saturated carbocycles. The summed E-state index contributed by atoms with van der Waals surface area (Å²) in [5.74, 6) is 0.787. The number of methoxy groups -OCH3 is 1. The summed E-state index contributed by atoms with van der Waals surface area (Å²) in [5, 5.41) is 12.7. The van der Waals surface area contributed by atoms with E-state index >= 15 is 0 Å². The number of rotatable bonds is 3. The van der Waals surface area contributed by atoms with Crippen LogP contribution in [0.4, 0.5) is 0 Å². The molecule has 0 aliphatic carbocycles. The average Bonchev–Trinajstić information content (AvgIpc) is 3.05. The number of sulfonamides is 1. The second-order valence-electron chi connectivity index (χ2n) is 5.69. The third kappa shape index (κ3) is 2.63. The van der Waals surface area contributed by atoms with Gasteiger partial charge < -0.3 is 4.74 Å².